The zero-order chi connectivity index (χ0) is 13.7. The number of rotatable bonds is 7. The lowest BCUT2D eigenvalue weighted by Crippen LogP contribution is -2.19. The third-order valence-corrected chi connectivity index (χ3v) is 5.25. The van der Waals surface area contributed by atoms with Gasteiger partial charge in [0.1, 0.15) is 0 Å². The van der Waals surface area contributed by atoms with Crippen molar-refractivity contribution >= 4 is 9.84 Å². The van der Waals surface area contributed by atoms with Crippen LogP contribution in [0.4, 0.5) is 0 Å². The molecule has 19 heavy (non-hydrogen) atoms. The molecule has 4 nitrogen and oxygen atoms in total. The molecule has 1 aliphatic rings. The summed E-state index contributed by atoms with van der Waals surface area (Å²) in [6, 6.07) is 10.1. The van der Waals surface area contributed by atoms with Gasteiger partial charge in [-0.1, -0.05) is 31.0 Å². The maximum atomic E-state index is 12.3. The monoisotopic (exact) mass is 279 g/mol. The summed E-state index contributed by atoms with van der Waals surface area (Å²) in [5.74, 6) is 0. The van der Waals surface area contributed by atoms with Crippen molar-refractivity contribution in [3.8, 4) is 6.07 Å². The van der Waals surface area contributed by atoms with Crippen molar-refractivity contribution in [1.29, 1.82) is 5.26 Å². The van der Waals surface area contributed by atoms with E-state index in [2.05, 4.69) is 0 Å². The van der Waals surface area contributed by atoms with Crippen molar-refractivity contribution in [2.75, 3.05) is 6.61 Å². The van der Waals surface area contributed by atoms with E-state index < -0.39 is 15.1 Å². The molecule has 1 saturated heterocycles. The number of hydrogen-bond acceptors (Lipinski definition) is 4. The Balaban J connectivity index is 1.94. The lowest BCUT2D eigenvalue weighted by Gasteiger charge is -2.10. The average Bonchev–Trinajstić information content (AvgIpc) is 3.23. The molecule has 102 valence electrons. The Bertz CT molecular complexity index is 544. The molecule has 1 aromatic carbocycles. The molecule has 2 atom stereocenters. The number of ether oxygens (including phenoxy) is 1. The van der Waals surface area contributed by atoms with Crippen molar-refractivity contribution in [3.05, 3.63) is 30.3 Å². The minimum absolute atomic E-state index is 0.229. The molecule has 1 aliphatic heterocycles. The van der Waals surface area contributed by atoms with Crippen molar-refractivity contribution in [1.82, 2.24) is 0 Å². The van der Waals surface area contributed by atoms with Crippen LogP contribution in [0.5, 0.6) is 0 Å². The Morgan fingerprint density at radius 3 is 2.58 bits per heavy atom. The molecule has 2 unspecified atom stereocenters. The first-order valence-electron chi connectivity index (χ1n) is 6.45. The van der Waals surface area contributed by atoms with Gasteiger partial charge in [-0.3, -0.25) is 0 Å². The SMILES string of the molecule is N#CC(CCCCC1CO1)S(=O)(=O)c1ccccc1. The highest BCUT2D eigenvalue weighted by Crippen LogP contribution is 2.22. The van der Waals surface area contributed by atoms with Crippen molar-refractivity contribution < 1.29 is 13.2 Å². The number of benzene rings is 1. The highest BCUT2D eigenvalue weighted by atomic mass is 32.2. The largest absolute Gasteiger partial charge is 0.373 e. The van der Waals surface area contributed by atoms with Crippen LogP contribution in [-0.2, 0) is 14.6 Å². The fourth-order valence-corrected chi connectivity index (χ4v) is 3.48. The van der Waals surface area contributed by atoms with Crippen LogP contribution in [0.15, 0.2) is 35.2 Å². The number of nitriles is 1. The van der Waals surface area contributed by atoms with Gasteiger partial charge in [0.2, 0.25) is 0 Å². The van der Waals surface area contributed by atoms with Crippen molar-refractivity contribution in [3.63, 3.8) is 0 Å². The summed E-state index contributed by atoms with van der Waals surface area (Å²) >= 11 is 0. The Hall–Kier alpha value is -1.38. The summed E-state index contributed by atoms with van der Waals surface area (Å²) in [5, 5.41) is 8.14. The second-order valence-corrected chi connectivity index (χ2v) is 6.85. The number of sulfone groups is 1. The van der Waals surface area contributed by atoms with Gasteiger partial charge in [-0.2, -0.15) is 5.26 Å². The first-order chi connectivity index (χ1) is 9.14. The Morgan fingerprint density at radius 1 is 1.32 bits per heavy atom. The third kappa shape index (κ3) is 3.79. The summed E-state index contributed by atoms with van der Waals surface area (Å²) in [6.45, 7) is 0.823. The van der Waals surface area contributed by atoms with Crippen LogP contribution in [0.2, 0.25) is 0 Å². The zero-order valence-corrected chi connectivity index (χ0v) is 11.5. The van der Waals surface area contributed by atoms with Crippen LogP contribution in [-0.4, -0.2) is 26.4 Å². The summed E-state index contributed by atoms with van der Waals surface area (Å²) in [7, 11) is -3.53. The summed E-state index contributed by atoms with van der Waals surface area (Å²) in [6.07, 6.45) is 3.37. The van der Waals surface area contributed by atoms with Gasteiger partial charge in [0, 0.05) is 0 Å². The lowest BCUT2D eigenvalue weighted by molar-refractivity contribution is 0.388. The normalized spacial score (nSPS) is 19.6. The number of unbranched alkanes of at least 4 members (excludes halogenated alkanes) is 1. The van der Waals surface area contributed by atoms with E-state index >= 15 is 0 Å². The van der Waals surface area contributed by atoms with E-state index in [9.17, 15) is 8.42 Å². The van der Waals surface area contributed by atoms with Gasteiger partial charge < -0.3 is 4.74 Å². The molecule has 0 N–H and O–H groups in total. The van der Waals surface area contributed by atoms with Gasteiger partial charge in [0.25, 0.3) is 0 Å². The van der Waals surface area contributed by atoms with E-state index in [1.165, 1.54) is 12.1 Å². The number of epoxide rings is 1. The molecule has 2 rings (SSSR count). The molecular weight excluding hydrogens is 262 g/mol. The van der Waals surface area contributed by atoms with E-state index in [4.69, 9.17) is 10.00 Å². The second-order valence-electron chi connectivity index (χ2n) is 4.72. The Morgan fingerprint density at radius 2 is 2.00 bits per heavy atom. The summed E-state index contributed by atoms with van der Waals surface area (Å²) < 4.78 is 29.6. The van der Waals surface area contributed by atoms with E-state index in [-0.39, 0.29) is 4.90 Å². The molecular formula is C14H17NO3S. The molecule has 0 saturated carbocycles. The zero-order valence-electron chi connectivity index (χ0n) is 10.7. The van der Waals surface area contributed by atoms with E-state index in [0.717, 1.165) is 25.9 Å². The van der Waals surface area contributed by atoms with Crippen LogP contribution in [0.3, 0.4) is 0 Å². The van der Waals surface area contributed by atoms with Gasteiger partial charge in [-0.25, -0.2) is 8.42 Å². The second kappa shape index (κ2) is 6.18. The standard InChI is InChI=1S/C14H17NO3S/c15-10-14(9-5-4-6-12-11-18-12)19(16,17)13-7-2-1-3-8-13/h1-3,7-8,12,14H,4-6,9,11H2. The molecule has 0 amide bonds. The van der Waals surface area contributed by atoms with Crippen LogP contribution in [0.1, 0.15) is 25.7 Å². The molecule has 1 fully saturated rings. The highest BCUT2D eigenvalue weighted by Gasteiger charge is 2.27. The van der Waals surface area contributed by atoms with Crippen LogP contribution in [0, 0.1) is 11.3 Å². The number of nitrogens with zero attached hydrogens (tertiary/aromatic N) is 1. The van der Waals surface area contributed by atoms with Gasteiger partial charge in [-0.15, -0.1) is 0 Å². The highest BCUT2D eigenvalue weighted by molar-refractivity contribution is 7.92. The maximum Gasteiger partial charge on any atom is 0.194 e. The molecule has 0 radical (unpaired) electrons. The van der Waals surface area contributed by atoms with Crippen LogP contribution >= 0.6 is 0 Å². The minimum atomic E-state index is -3.53. The lowest BCUT2D eigenvalue weighted by atomic mass is 10.1. The molecule has 1 aromatic rings. The Kier molecular flexibility index (Phi) is 4.56. The molecule has 0 bridgehead atoms. The molecule has 0 aliphatic carbocycles. The first kappa shape index (κ1) is 14.0. The molecule has 0 spiro atoms. The topological polar surface area (TPSA) is 70.5 Å². The van der Waals surface area contributed by atoms with Gasteiger partial charge in [-0.05, 0) is 25.0 Å². The number of hydrogen-bond donors (Lipinski definition) is 0. The first-order valence-corrected chi connectivity index (χ1v) is 7.99. The maximum absolute atomic E-state index is 12.3. The summed E-state index contributed by atoms with van der Waals surface area (Å²) in [5.41, 5.74) is 0. The van der Waals surface area contributed by atoms with E-state index in [1.54, 1.807) is 18.2 Å². The van der Waals surface area contributed by atoms with Gasteiger partial charge >= 0.3 is 0 Å². The van der Waals surface area contributed by atoms with Crippen LogP contribution < -0.4 is 0 Å². The van der Waals surface area contributed by atoms with Gasteiger partial charge in [0.15, 0.2) is 15.1 Å². The van der Waals surface area contributed by atoms with Crippen LogP contribution in [0.25, 0.3) is 0 Å². The summed E-state index contributed by atoms with van der Waals surface area (Å²) in [4.78, 5) is 0.229. The van der Waals surface area contributed by atoms with E-state index in [1.807, 2.05) is 6.07 Å². The predicted molar refractivity (Wildman–Crippen MR) is 71.2 cm³/mol. The molecule has 1 heterocycles. The molecule has 5 heteroatoms. The molecule has 0 aromatic heterocycles. The fraction of sp³-hybridized carbons (Fsp3) is 0.500. The van der Waals surface area contributed by atoms with Crippen molar-refractivity contribution in [2.24, 2.45) is 0 Å². The quantitative estimate of drug-likeness (QED) is 0.567. The fourth-order valence-electron chi connectivity index (χ4n) is 2.00. The van der Waals surface area contributed by atoms with Gasteiger partial charge in [0.05, 0.1) is 23.7 Å². The average molecular weight is 279 g/mol. The smallest absolute Gasteiger partial charge is 0.194 e. The van der Waals surface area contributed by atoms with Crippen molar-refractivity contribution in [2.45, 2.75) is 41.9 Å². The predicted octanol–water partition coefficient (Wildman–Crippen LogP) is 2.31. The minimum Gasteiger partial charge on any atom is -0.373 e. The third-order valence-electron chi connectivity index (χ3n) is 3.24. The van der Waals surface area contributed by atoms with E-state index in [0.29, 0.717) is 12.5 Å². The Labute approximate surface area is 113 Å².